The zero-order valence-electron chi connectivity index (χ0n) is 18.3. The number of carbonyl (C=O) groups is 5. The number of nitrogens with two attached hydrogens (primary N) is 1. The van der Waals surface area contributed by atoms with Gasteiger partial charge in [0, 0.05) is 0 Å². The Labute approximate surface area is 180 Å². The molecule has 31 heavy (non-hydrogen) atoms. The van der Waals surface area contributed by atoms with Gasteiger partial charge in [0.1, 0.15) is 24.2 Å². The summed E-state index contributed by atoms with van der Waals surface area (Å²) in [4.78, 5) is 59.9. The van der Waals surface area contributed by atoms with Crippen LogP contribution in [-0.2, 0) is 24.0 Å². The molecule has 0 bridgehead atoms. The SMILES string of the molecule is CCC(C)C(NC(=O)C(CC(=O)O)NC(=O)C(N)CO)C(=O)NC(CC(C)C)C(=O)O. The lowest BCUT2D eigenvalue weighted by Crippen LogP contribution is -2.59. The molecule has 0 aliphatic carbocycles. The van der Waals surface area contributed by atoms with Crippen molar-refractivity contribution in [1.82, 2.24) is 16.0 Å². The molecule has 0 aromatic carbocycles. The molecule has 5 unspecified atom stereocenters. The zero-order chi connectivity index (χ0) is 24.3. The summed E-state index contributed by atoms with van der Waals surface area (Å²) < 4.78 is 0. The molecule has 12 heteroatoms. The van der Waals surface area contributed by atoms with Gasteiger partial charge in [-0.2, -0.15) is 0 Å². The normalized spacial score (nSPS) is 15.8. The third-order valence-corrected chi connectivity index (χ3v) is 4.66. The Hall–Kier alpha value is -2.73. The van der Waals surface area contributed by atoms with Crippen LogP contribution in [0.15, 0.2) is 0 Å². The number of aliphatic hydroxyl groups is 1. The summed E-state index contributed by atoms with van der Waals surface area (Å²) in [5.74, 6) is -5.64. The summed E-state index contributed by atoms with van der Waals surface area (Å²) in [6, 6.07) is -5.22. The maximum atomic E-state index is 12.8. The van der Waals surface area contributed by atoms with Gasteiger partial charge in [-0.3, -0.25) is 19.2 Å². The molecule has 178 valence electrons. The van der Waals surface area contributed by atoms with Crippen molar-refractivity contribution >= 4 is 29.7 Å². The van der Waals surface area contributed by atoms with E-state index in [-0.39, 0.29) is 12.3 Å². The average Bonchev–Trinajstić information content (AvgIpc) is 2.68. The van der Waals surface area contributed by atoms with Crippen molar-refractivity contribution < 1.29 is 39.3 Å². The van der Waals surface area contributed by atoms with Crippen molar-refractivity contribution in [2.24, 2.45) is 17.6 Å². The fourth-order valence-electron chi connectivity index (χ4n) is 2.66. The van der Waals surface area contributed by atoms with E-state index in [2.05, 4.69) is 16.0 Å². The molecular weight excluding hydrogens is 412 g/mol. The van der Waals surface area contributed by atoms with Crippen molar-refractivity contribution in [3.05, 3.63) is 0 Å². The molecule has 0 heterocycles. The highest BCUT2D eigenvalue weighted by Gasteiger charge is 2.33. The number of aliphatic carboxylic acids is 2. The maximum absolute atomic E-state index is 12.8. The Bertz CT molecular complexity index is 655. The molecule has 0 aliphatic heterocycles. The summed E-state index contributed by atoms with van der Waals surface area (Å²) in [7, 11) is 0. The summed E-state index contributed by atoms with van der Waals surface area (Å²) in [5.41, 5.74) is 5.38. The molecule has 0 fully saturated rings. The number of carboxylic acids is 2. The quantitative estimate of drug-likeness (QED) is 0.164. The van der Waals surface area contributed by atoms with Gasteiger partial charge in [-0.05, 0) is 18.3 Å². The van der Waals surface area contributed by atoms with Gasteiger partial charge in [-0.25, -0.2) is 4.79 Å². The third kappa shape index (κ3) is 10.2. The van der Waals surface area contributed by atoms with Crippen LogP contribution in [0.25, 0.3) is 0 Å². The van der Waals surface area contributed by atoms with Gasteiger partial charge in [0.25, 0.3) is 0 Å². The molecule has 0 aromatic heterocycles. The minimum atomic E-state index is -1.55. The van der Waals surface area contributed by atoms with E-state index in [1.165, 1.54) is 0 Å². The Balaban J connectivity index is 5.54. The van der Waals surface area contributed by atoms with Crippen LogP contribution in [0.4, 0.5) is 0 Å². The topological polar surface area (TPSA) is 208 Å². The largest absolute Gasteiger partial charge is 0.481 e. The molecule has 0 saturated carbocycles. The second-order valence-corrected chi connectivity index (χ2v) is 7.85. The average molecular weight is 447 g/mol. The Morgan fingerprint density at radius 3 is 1.84 bits per heavy atom. The van der Waals surface area contributed by atoms with Crippen molar-refractivity contribution in [3.63, 3.8) is 0 Å². The van der Waals surface area contributed by atoms with Gasteiger partial charge in [0.15, 0.2) is 0 Å². The van der Waals surface area contributed by atoms with Crippen LogP contribution < -0.4 is 21.7 Å². The number of carboxylic acid groups (broad SMARTS) is 2. The highest BCUT2D eigenvalue weighted by atomic mass is 16.4. The monoisotopic (exact) mass is 446 g/mol. The van der Waals surface area contributed by atoms with E-state index in [1.807, 2.05) is 0 Å². The van der Waals surface area contributed by atoms with Crippen LogP contribution >= 0.6 is 0 Å². The van der Waals surface area contributed by atoms with E-state index in [0.29, 0.717) is 6.42 Å². The van der Waals surface area contributed by atoms with E-state index in [0.717, 1.165) is 0 Å². The highest BCUT2D eigenvalue weighted by molar-refractivity contribution is 5.95. The number of aliphatic hydroxyl groups excluding tert-OH is 1. The zero-order valence-corrected chi connectivity index (χ0v) is 18.3. The summed E-state index contributed by atoms with van der Waals surface area (Å²) in [6.45, 7) is 6.31. The second-order valence-electron chi connectivity index (χ2n) is 7.85. The molecule has 0 radical (unpaired) electrons. The standard InChI is InChI=1S/C19H34N4O8/c1-5-10(4)15(18(29)22-13(19(30)31)6-9(2)3)23-17(28)12(7-14(25)26)21-16(27)11(20)8-24/h9-13,15,24H,5-8,20H2,1-4H3,(H,21,27)(H,22,29)(H,23,28)(H,25,26)(H,30,31). The van der Waals surface area contributed by atoms with E-state index in [4.69, 9.17) is 15.9 Å². The number of carbonyl (C=O) groups excluding carboxylic acids is 3. The molecule has 0 aromatic rings. The number of nitrogens with one attached hydrogen (secondary N) is 3. The number of amides is 3. The number of rotatable bonds is 14. The van der Waals surface area contributed by atoms with Crippen LogP contribution in [-0.4, -0.2) is 75.8 Å². The highest BCUT2D eigenvalue weighted by Crippen LogP contribution is 2.11. The summed E-state index contributed by atoms with van der Waals surface area (Å²) in [6.07, 6.45) is -0.152. The molecule has 0 aliphatic rings. The van der Waals surface area contributed by atoms with E-state index >= 15 is 0 Å². The lowest BCUT2D eigenvalue weighted by Gasteiger charge is -2.28. The molecule has 8 N–H and O–H groups in total. The molecule has 5 atom stereocenters. The summed E-state index contributed by atoms with van der Waals surface area (Å²) >= 11 is 0. The molecule has 0 rings (SSSR count). The fourth-order valence-corrected chi connectivity index (χ4v) is 2.66. The smallest absolute Gasteiger partial charge is 0.326 e. The van der Waals surface area contributed by atoms with Crippen LogP contribution in [0.2, 0.25) is 0 Å². The van der Waals surface area contributed by atoms with Gasteiger partial charge in [0.2, 0.25) is 17.7 Å². The van der Waals surface area contributed by atoms with Crippen LogP contribution in [0.3, 0.4) is 0 Å². The Morgan fingerprint density at radius 1 is 0.871 bits per heavy atom. The van der Waals surface area contributed by atoms with Gasteiger partial charge in [-0.1, -0.05) is 34.1 Å². The maximum Gasteiger partial charge on any atom is 0.326 e. The first-order valence-corrected chi connectivity index (χ1v) is 10.1. The second kappa shape index (κ2) is 13.5. The molecule has 0 saturated heterocycles. The van der Waals surface area contributed by atoms with Crippen molar-refractivity contribution in [2.75, 3.05) is 6.61 Å². The number of hydrogen-bond donors (Lipinski definition) is 7. The third-order valence-electron chi connectivity index (χ3n) is 4.66. The van der Waals surface area contributed by atoms with Crippen LogP contribution in [0, 0.1) is 11.8 Å². The van der Waals surface area contributed by atoms with E-state index in [1.54, 1.807) is 27.7 Å². The van der Waals surface area contributed by atoms with Crippen molar-refractivity contribution in [2.45, 2.75) is 71.1 Å². The van der Waals surface area contributed by atoms with Gasteiger partial charge < -0.3 is 37.0 Å². The van der Waals surface area contributed by atoms with E-state index < -0.39 is 72.8 Å². The lowest BCUT2D eigenvalue weighted by molar-refractivity contribution is -0.144. The molecule has 3 amide bonds. The summed E-state index contributed by atoms with van der Waals surface area (Å²) in [5, 5.41) is 34.3. The first-order valence-electron chi connectivity index (χ1n) is 10.1. The molecule has 0 spiro atoms. The first kappa shape index (κ1) is 28.3. The first-order chi connectivity index (χ1) is 14.3. The minimum absolute atomic E-state index is 0.0102. The van der Waals surface area contributed by atoms with Crippen molar-refractivity contribution in [1.29, 1.82) is 0 Å². The lowest BCUT2D eigenvalue weighted by atomic mass is 9.96. The van der Waals surface area contributed by atoms with Crippen LogP contribution in [0.5, 0.6) is 0 Å². The van der Waals surface area contributed by atoms with Crippen LogP contribution in [0.1, 0.15) is 47.0 Å². The predicted molar refractivity (Wildman–Crippen MR) is 110 cm³/mol. The minimum Gasteiger partial charge on any atom is -0.481 e. The molecule has 12 nitrogen and oxygen atoms in total. The Kier molecular flexibility index (Phi) is 12.4. The fraction of sp³-hybridized carbons (Fsp3) is 0.737. The van der Waals surface area contributed by atoms with E-state index in [9.17, 15) is 29.1 Å². The Morgan fingerprint density at radius 2 is 1.42 bits per heavy atom. The number of hydrogen-bond acceptors (Lipinski definition) is 7. The predicted octanol–water partition coefficient (Wildman–Crippen LogP) is -1.59. The van der Waals surface area contributed by atoms with Crippen molar-refractivity contribution in [3.8, 4) is 0 Å². The van der Waals surface area contributed by atoms with Gasteiger partial charge in [-0.15, -0.1) is 0 Å². The molecular formula is C19H34N4O8. The van der Waals surface area contributed by atoms with Gasteiger partial charge in [0.05, 0.1) is 13.0 Å². The van der Waals surface area contributed by atoms with Gasteiger partial charge >= 0.3 is 11.9 Å².